The predicted octanol–water partition coefficient (Wildman–Crippen LogP) is 3.00. The Labute approximate surface area is 128 Å². The topological polar surface area (TPSA) is 45.6 Å². The zero-order chi connectivity index (χ0) is 14.1. The first-order valence-electron chi connectivity index (χ1n) is 6.85. The number of rotatable bonds is 3. The van der Waals surface area contributed by atoms with Gasteiger partial charge in [-0.15, -0.1) is 0 Å². The lowest BCUT2D eigenvalue weighted by Crippen LogP contribution is -2.38. The van der Waals surface area contributed by atoms with E-state index in [0.29, 0.717) is 28.3 Å². The summed E-state index contributed by atoms with van der Waals surface area (Å²) >= 11 is 12.6. The van der Waals surface area contributed by atoms with Crippen LogP contribution in [0.25, 0.3) is 0 Å². The van der Waals surface area contributed by atoms with Gasteiger partial charge in [0.15, 0.2) is 5.75 Å². The fourth-order valence-electron chi connectivity index (χ4n) is 2.82. The molecule has 2 N–H and O–H groups in total. The minimum absolute atomic E-state index is 0.128. The largest absolute Gasteiger partial charge is 0.491 e. The molecule has 2 atom stereocenters. The van der Waals surface area contributed by atoms with Crippen LogP contribution in [0.2, 0.25) is 10.0 Å². The molecule has 6 heteroatoms. The predicted molar refractivity (Wildman–Crippen MR) is 81.9 cm³/mol. The van der Waals surface area contributed by atoms with Crippen molar-refractivity contribution >= 4 is 28.9 Å². The van der Waals surface area contributed by atoms with E-state index < -0.39 is 0 Å². The average Bonchev–Trinajstić information content (AvgIpc) is 2.86. The van der Waals surface area contributed by atoms with Gasteiger partial charge in [0.1, 0.15) is 0 Å². The van der Waals surface area contributed by atoms with Crippen LogP contribution in [0, 0.1) is 5.92 Å². The first-order chi connectivity index (χ1) is 9.70. The third-order valence-electron chi connectivity index (χ3n) is 3.77. The van der Waals surface area contributed by atoms with Crippen LogP contribution >= 0.6 is 23.2 Å². The van der Waals surface area contributed by atoms with E-state index >= 15 is 0 Å². The van der Waals surface area contributed by atoms with Crippen molar-refractivity contribution in [2.75, 3.05) is 19.7 Å². The molecule has 1 fully saturated rings. The number of benzene rings is 1. The Bertz CT molecular complexity index is 524. The van der Waals surface area contributed by atoms with Crippen LogP contribution in [0.3, 0.4) is 0 Å². The summed E-state index contributed by atoms with van der Waals surface area (Å²) in [6.45, 7) is 4.38. The van der Waals surface area contributed by atoms with E-state index in [4.69, 9.17) is 27.9 Å². The molecule has 1 saturated heterocycles. The number of nitrogens with one attached hydrogen (secondary N) is 2. The zero-order valence-corrected chi connectivity index (χ0v) is 12.8. The lowest BCUT2D eigenvalue weighted by molar-refractivity contribution is 0.340. The lowest BCUT2D eigenvalue weighted by Gasteiger charge is -2.25. The molecule has 20 heavy (non-hydrogen) atoms. The molecule has 2 aliphatic rings. The van der Waals surface area contributed by atoms with Crippen LogP contribution in [0.5, 0.6) is 5.75 Å². The van der Waals surface area contributed by atoms with E-state index in [1.807, 2.05) is 19.1 Å². The number of halogens is 2. The summed E-state index contributed by atoms with van der Waals surface area (Å²) in [5, 5.41) is 8.95. The number of piperidine rings is 1. The summed E-state index contributed by atoms with van der Waals surface area (Å²) in [6.07, 6.45) is 0.993. The standard InChI is InChI=1S/C14H17Cl2N3O/c1-2-20-14-10(15)5-8(6-11(14)16)13-9-7-17-4-3-12(9)18-19-13/h5-6,9,13,17,19H,2-4,7H2,1H3. The monoisotopic (exact) mass is 313 g/mol. The van der Waals surface area contributed by atoms with Crippen molar-refractivity contribution in [2.45, 2.75) is 19.4 Å². The molecular formula is C14H17Cl2N3O. The van der Waals surface area contributed by atoms with E-state index in [9.17, 15) is 0 Å². The average molecular weight is 314 g/mol. The van der Waals surface area contributed by atoms with Gasteiger partial charge in [0, 0.05) is 31.1 Å². The number of hydrogen-bond acceptors (Lipinski definition) is 4. The van der Waals surface area contributed by atoms with Crippen molar-refractivity contribution in [3.63, 3.8) is 0 Å². The summed E-state index contributed by atoms with van der Waals surface area (Å²) in [5.74, 6) is 0.925. The van der Waals surface area contributed by atoms with Gasteiger partial charge in [0.05, 0.1) is 22.7 Å². The third kappa shape index (κ3) is 2.48. The highest BCUT2D eigenvalue weighted by atomic mass is 35.5. The van der Waals surface area contributed by atoms with Gasteiger partial charge < -0.3 is 15.5 Å². The molecule has 2 heterocycles. The molecule has 0 bridgehead atoms. The molecule has 4 nitrogen and oxygen atoms in total. The maximum atomic E-state index is 6.28. The Hall–Kier alpha value is -0.970. The molecule has 1 aromatic carbocycles. The minimum atomic E-state index is 0.128. The molecular weight excluding hydrogens is 297 g/mol. The van der Waals surface area contributed by atoms with Crippen LogP contribution in [-0.4, -0.2) is 25.4 Å². The summed E-state index contributed by atoms with van der Waals surface area (Å²) < 4.78 is 5.47. The summed E-state index contributed by atoms with van der Waals surface area (Å²) in [7, 11) is 0. The van der Waals surface area contributed by atoms with Crippen LogP contribution < -0.4 is 15.5 Å². The van der Waals surface area contributed by atoms with E-state index in [-0.39, 0.29) is 6.04 Å². The molecule has 108 valence electrons. The van der Waals surface area contributed by atoms with Crippen LogP contribution in [0.1, 0.15) is 24.9 Å². The number of hydrogen-bond donors (Lipinski definition) is 2. The smallest absolute Gasteiger partial charge is 0.156 e. The lowest BCUT2D eigenvalue weighted by atomic mass is 9.87. The fraction of sp³-hybridized carbons (Fsp3) is 0.500. The van der Waals surface area contributed by atoms with Gasteiger partial charge in [0.25, 0.3) is 0 Å². The fourth-order valence-corrected chi connectivity index (χ4v) is 3.43. The number of hydrazone groups is 1. The Morgan fingerprint density at radius 3 is 2.80 bits per heavy atom. The molecule has 2 unspecified atom stereocenters. The minimum Gasteiger partial charge on any atom is -0.491 e. The van der Waals surface area contributed by atoms with Gasteiger partial charge in [-0.3, -0.25) is 0 Å². The van der Waals surface area contributed by atoms with Gasteiger partial charge in [-0.2, -0.15) is 5.10 Å². The van der Waals surface area contributed by atoms with Gasteiger partial charge >= 0.3 is 0 Å². The third-order valence-corrected chi connectivity index (χ3v) is 4.33. The van der Waals surface area contributed by atoms with Crippen molar-refractivity contribution < 1.29 is 4.74 Å². The van der Waals surface area contributed by atoms with Gasteiger partial charge in [0.2, 0.25) is 0 Å². The number of nitrogens with zero attached hydrogens (tertiary/aromatic N) is 1. The summed E-state index contributed by atoms with van der Waals surface area (Å²) in [5.41, 5.74) is 5.49. The van der Waals surface area contributed by atoms with Crippen LogP contribution in [0.4, 0.5) is 0 Å². The second kappa shape index (κ2) is 5.80. The van der Waals surface area contributed by atoms with E-state index in [2.05, 4.69) is 15.8 Å². The normalized spacial score (nSPS) is 24.9. The molecule has 0 saturated carbocycles. The molecule has 0 radical (unpaired) electrons. The highest BCUT2D eigenvalue weighted by Gasteiger charge is 2.34. The maximum Gasteiger partial charge on any atom is 0.156 e. The molecule has 0 spiro atoms. The number of fused-ring (bicyclic) bond motifs is 1. The molecule has 0 aromatic heterocycles. The van der Waals surface area contributed by atoms with E-state index in [0.717, 1.165) is 25.1 Å². The van der Waals surface area contributed by atoms with Crippen molar-refractivity contribution in [2.24, 2.45) is 11.0 Å². The van der Waals surface area contributed by atoms with Crippen molar-refractivity contribution in [1.82, 2.24) is 10.7 Å². The second-order valence-corrected chi connectivity index (χ2v) is 5.83. The first kappa shape index (κ1) is 14.0. The first-order valence-corrected chi connectivity index (χ1v) is 7.60. The molecule has 0 amide bonds. The van der Waals surface area contributed by atoms with Crippen LogP contribution in [0.15, 0.2) is 17.2 Å². The maximum absolute atomic E-state index is 6.28. The Morgan fingerprint density at radius 2 is 2.10 bits per heavy atom. The summed E-state index contributed by atoms with van der Waals surface area (Å²) in [6, 6.07) is 3.97. The SMILES string of the molecule is CCOc1c(Cl)cc(C2NN=C3CCNCC32)cc1Cl. The van der Waals surface area contributed by atoms with Gasteiger partial charge in [-0.25, -0.2) is 0 Å². The van der Waals surface area contributed by atoms with Crippen molar-refractivity contribution in [3.05, 3.63) is 27.7 Å². The van der Waals surface area contributed by atoms with E-state index in [1.165, 1.54) is 5.71 Å². The Kier molecular flexibility index (Phi) is 4.06. The highest BCUT2D eigenvalue weighted by molar-refractivity contribution is 6.37. The molecule has 2 aliphatic heterocycles. The molecule has 1 aromatic rings. The quantitative estimate of drug-likeness (QED) is 0.901. The molecule has 0 aliphatic carbocycles. The van der Waals surface area contributed by atoms with Crippen LogP contribution in [-0.2, 0) is 0 Å². The highest BCUT2D eigenvalue weighted by Crippen LogP contribution is 2.39. The second-order valence-electron chi connectivity index (χ2n) is 5.02. The molecule has 3 rings (SSSR count). The Morgan fingerprint density at radius 1 is 1.35 bits per heavy atom. The van der Waals surface area contributed by atoms with Crippen molar-refractivity contribution in [1.29, 1.82) is 0 Å². The summed E-state index contributed by atoms with van der Waals surface area (Å²) in [4.78, 5) is 0. The number of ether oxygens (including phenoxy) is 1. The van der Waals surface area contributed by atoms with Crippen molar-refractivity contribution in [3.8, 4) is 5.75 Å². The van der Waals surface area contributed by atoms with E-state index in [1.54, 1.807) is 0 Å². The Balaban J connectivity index is 1.88. The van der Waals surface area contributed by atoms with Gasteiger partial charge in [-0.1, -0.05) is 23.2 Å². The van der Waals surface area contributed by atoms with Gasteiger partial charge in [-0.05, 0) is 24.6 Å². The zero-order valence-electron chi connectivity index (χ0n) is 11.2.